The van der Waals surface area contributed by atoms with Crippen molar-refractivity contribution in [3.8, 4) is 22.8 Å². The number of benzene rings is 3. The number of nitrogens with zero attached hydrogens (tertiary/aromatic N) is 1. The summed E-state index contributed by atoms with van der Waals surface area (Å²) in [4.78, 5) is 0. The van der Waals surface area contributed by atoms with Gasteiger partial charge in [0.25, 0.3) is 5.69 Å². The van der Waals surface area contributed by atoms with E-state index in [9.17, 15) is 0 Å². The highest BCUT2D eigenvalue weighted by Crippen LogP contribution is 2.49. The molecule has 0 saturated heterocycles. The van der Waals surface area contributed by atoms with E-state index in [4.69, 9.17) is 4.74 Å². The van der Waals surface area contributed by atoms with Gasteiger partial charge < -0.3 is 4.74 Å². The summed E-state index contributed by atoms with van der Waals surface area (Å²) in [5, 5.41) is 4.89. The van der Waals surface area contributed by atoms with Gasteiger partial charge in [-0.2, -0.15) is 4.57 Å². The fourth-order valence-corrected chi connectivity index (χ4v) is 4.62. The van der Waals surface area contributed by atoms with Crippen LogP contribution in [0.15, 0.2) is 48.7 Å². The lowest BCUT2D eigenvalue weighted by atomic mass is 9.89. The number of pyridine rings is 1. The smallest absolute Gasteiger partial charge is 0.257 e. The first kappa shape index (κ1) is 17.2. The van der Waals surface area contributed by atoms with Gasteiger partial charge in [-0.25, -0.2) is 0 Å². The van der Waals surface area contributed by atoms with Gasteiger partial charge in [0.15, 0.2) is 6.20 Å². The predicted molar refractivity (Wildman–Crippen MR) is 116 cm³/mol. The van der Waals surface area contributed by atoms with Gasteiger partial charge in [-0.1, -0.05) is 38.1 Å². The molecule has 0 bridgehead atoms. The Hall–Kier alpha value is -2.87. The van der Waals surface area contributed by atoms with E-state index >= 15 is 0 Å². The van der Waals surface area contributed by atoms with Gasteiger partial charge in [0.05, 0.1) is 5.56 Å². The molecule has 28 heavy (non-hydrogen) atoms. The van der Waals surface area contributed by atoms with Crippen molar-refractivity contribution in [2.45, 2.75) is 34.1 Å². The first-order valence-corrected chi connectivity index (χ1v) is 10.1. The summed E-state index contributed by atoms with van der Waals surface area (Å²) >= 11 is 0. The van der Waals surface area contributed by atoms with Gasteiger partial charge in [-0.15, -0.1) is 0 Å². The number of ether oxygens (including phenoxy) is 1. The Labute approximate surface area is 166 Å². The Balaban J connectivity index is 1.90. The Morgan fingerprint density at radius 3 is 2.61 bits per heavy atom. The molecule has 1 aromatic heterocycles. The van der Waals surface area contributed by atoms with Crippen LogP contribution in [0.2, 0.25) is 0 Å². The second kappa shape index (κ2) is 6.07. The molecule has 0 radical (unpaired) electrons. The molecule has 2 nitrogen and oxygen atoms in total. The lowest BCUT2D eigenvalue weighted by molar-refractivity contribution is -0.659. The topological polar surface area (TPSA) is 13.1 Å². The SMILES string of the molecule is Cc1cc2cccc3c2c(c1C)-c1c(c2cc(CC(C)C)ccc2c[n+]1C)O3. The fraction of sp³-hybridized carbons (Fsp3) is 0.269. The average molecular weight is 369 g/mol. The maximum atomic E-state index is 6.58. The highest BCUT2D eigenvalue weighted by molar-refractivity contribution is 6.07. The first-order chi connectivity index (χ1) is 13.4. The van der Waals surface area contributed by atoms with Crippen molar-refractivity contribution in [1.82, 2.24) is 0 Å². The molecular weight excluding hydrogens is 342 g/mol. The summed E-state index contributed by atoms with van der Waals surface area (Å²) in [7, 11) is 2.13. The van der Waals surface area contributed by atoms with Gasteiger partial charge in [-0.3, -0.25) is 0 Å². The van der Waals surface area contributed by atoms with Crippen molar-refractivity contribution < 1.29 is 9.30 Å². The number of rotatable bonds is 2. The summed E-state index contributed by atoms with van der Waals surface area (Å²) in [5.74, 6) is 2.58. The summed E-state index contributed by atoms with van der Waals surface area (Å²) in [6, 6.07) is 15.5. The molecule has 0 fully saturated rings. The molecule has 0 saturated carbocycles. The normalized spacial score (nSPS) is 12.5. The van der Waals surface area contributed by atoms with Crippen LogP contribution < -0.4 is 9.30 Å². The Kier molecular flexibility index (Phi) is 3.74. The van der Waals surface area contributed by atoms with Crippen LogP contribution in [0.4, 0.5) is 0 Å². The third-order valence-electron chi connectivity index (χ3n) is 6.00. The van der Waals surface area contributed by atoms with Crippen LogP contribution in [0.25, 0.3) is 32.8 Å². The van der Waals surface area contributed by atoms with E-state index in [-0.39, 0.29) is 0 Å². The summed E-state index contributed by atoms with van der Waals surface area (Å²) < 4.78 is 8.81. The van der Waals surface area contributed by atoms with Gasteiger partial charge in [-0.05, 0) is 66.5 Å². The lowest BCUT2D eigenvalue weighted by Crippen LogP contribution is -2.32. The minimum atomic E-state index is 0.633. The van der Waals surface area contributed by atoms with E-state index in [0.29, 0.717) is 5.92 Å². The molecule has 0 spiro atoms. The third-order valence-corrected chi connectivity index (χ3v) is 6.00. The molecule has 0 atom stereocenters. The molecule has 140 valence electrons. The second-order valence-electron chi connectivity index (χ2n) is 8.59. The quantitative estimate of drug-likeness (QED) is 0.328. The molecule has 4 aromatic rings. The molecule has 1 aliphatic rings. The molecule has 1 aliphatic heterocycles. The fourth-order valence-electron chi connectivity index (χ4n) is 4.62. The van der Waals surface area contributed by atoms with E-state index in [2.05, 4.69) is 88.0 Å². The highest BCUT2D eigenvalue weighted by Gasteiger charge is 2.31. The van der Waals surface area contributed by atoms with Gasteiger partial charge >= 0.3 is 0 Å². The van der Waals surface area contributed by atoms with Crippen LogP contribution in [0.3, 0.4) is 0 Å². The van der Waals surface area contributed by atoms with Crippen molar-refractivity contribution in [1.29, 1.82) is 0 Å². The van der Waals surface area contributed by atoms with Gasteiger partial charge in [0.1, 0.15) is 12.8 Å². The zero-order chi connectivity index (χ0) is 19.6. The lowest BCUT2D eigenvalue weighted by Gasteiger charge is -2.23. The standard InChI is InChI=1S/C26H26NO/c1-15(2)11-18-9-10-20-14-27(5)25-23-17(4)16(3)12-19-7-6-8-22(24(19)23)28-26(25)21(20)13-18/h6-10,12-15H,11H2,1-5H3/q+1. The molecule has 5 rings (SSSR count). The van der Waals surface area contributed by atoms with E-state index in [1.165, 1.54) is 49.5 Å². The highest BCUT2D eigenvalue weighted by atomic mass is 16.5. The summed E-state index contributed by atoms with van der Waals surface area (Å²) in [6.45, 7) is 8.97. The molecule has 2 heterocycles. The Morgan fingerprint density at radius 2 is 1.82 bits per heavy atom. The van der Waals surface area contributed by atoms with Gasteiger partial charge in [0.2, 0.25) is 5.75 Å². The minimum Gasteiger partial charge on any atom is -0.449 e. The molecule has 3 aromatic carbocycles. The van der Waals surface area contributed by atoms with E-state index in [0.717, 1.165) is 17.9 Å². The number of hydrogen-bond donors (Lipinski definition) is 0. The summed E-state index contributed by atoms with van der Waals surface area (Å²) in [5.41, 5.74) is 6.51. The van der Waals surface area contributed by atoms with Crippen LogP contribution in [0.1, 0.15) is 30.5 Å². The van der Waals surface area contributed by atoms with Crippen molar-refractivity contribution in [2.24, 2.45) is 13.0 Å². The maximum Gasteiger partial charge on any atom is 0.257 e. The number of aryl methyl sites for hydroxylation is 2. The predicted octanol–water partition coefficient (Wildman–Crippen LogP) is 6.41. The van der Waals surface area contributed by atoms with Crippen LogP contribution in [0.5, 0.6) is 11.5 Å². The molecular formula is C26H26NO+. The largest absolute Gasteiger partial charge is 0.449 e. The van der Waals surface area contributed by atoms with Crippen molar-refractivity contribution in [3.05, 3.63) is 65.4 Å². The van der Waals surface area contributed by atoms with Crippen molar-refractivity contribution >= 4 is 21.5 Å². The molecule has 2 heteroatoms. The molecule has 0 unspecified atom stereocenters. The van der Waals surface area contributed by atoms with Crippen molar-refractivity contribution in [3.63, 3.8) is 0 Å². The first-order valence-electron chi connectivity index (χ1n) is 10.1. The van der Waals surface area contributed by atoms with Crippen LogP contribution >= 0.6 is 0 Å². The Morgan fingerprint density at radius 1 is 1.00 bits per heavy atom. The molecule has 0 amide bonds. The summed E-state index contributed by atoms with van der Waals surface area (Å²) in [6.07, 6.45) is 3.31. The average Bonchev–Trinajstić information content (AvgIpc) is 2.65. The maximum absolute atomic E-state index is 6.58. The number of hydrogen-bond acceptors (Lipinski definition) is 1. The second-order valence-corrected chi connectivity index (χ2v) is 8.59. The zero-order valence-electron chi connectivity index (χ0n) is 17.3. The van der Waals surface area contributed by atoms with Crippen molar-refractivity contribution in [2.75, 3.05) is 0 Å². The van der Waals surface area contributed by atoms with E-state index in [1.54, 1.807) is 0 Å². The van der Waals surface area contributed by atoms with Crippen LogP contribution in [0, 0.1) is 19.8 Å². The van der Waals surface area contributed by atoms with E-state index in [1.807, 2.05) is 0 Å². The zero-order valence-corrected chi connectivity index (χ0v) is 17.3. The van der Waals surface area contributed by atoms with Crippen LogP contribution in [-0.2, 0) is 13.5 Å². The molecule has 0 aliphatic carbocycles. The van der Waals surface area contributed by atoms with Crippen LogP contribution in [-0.4, -0.2) is 0 Å². The van der Waals surface area contributed by atoms with Gasteiger partial charge in [0, 0.05) is 16.2 Å². The number of aromatic nitrogens is 1. The monoisotopic (exact) mass is 368 g/mol. The number of fused-ring (bicyclic) bond motifs is 4. The minimum absolute atomic E-state index is 0.633. The third kappa shape index (κ3) is 2.44. The Bertz CT molecular complexity index is 1270. The van der Waals surface area contributed by atoms with E-state index < -0.39 is 0 Å². The molecule has 0 N–H and O–H groups in total.